The molecule has 1 aliphatic rings. The van der Waals surface area contributed by atoms with Crippen LogP contribution in [-0.2, 0) is 37.7 Å². The van der Waals surface area contributed by atoms with Gasteiger partial charge in [0.2, 0.25) is 0 Å². The van der Waals surface area contributed by atoms with Crippen molar-refractivity contribution >= 4 is 27.5 Å². The zero-order valence-electron chi connectivity index (χ0n) is 30.6. The molecule has 0 unspecified atom stereocenters. The van der Waals surface area contributed by atoms with Gasteiger partial charge < -0.3 is 9.52 Å². The molecule has 6 aromatic rings. The Balaban J connectivity index is 0.000000242. The third-order valence-electron chi connectivity index (χ3n) is 11.3. The number of nitrogens with zero attached hydrogens (tertiary/aromatic N) is 1. The van der Waals surface area contributed by atoms with E-state index in [-0.39, 0.29) is 42.5 Å². The van der Waals surface area contributed by atoms with E-state index in [2.05, 4.69) is 91.0 Å². The summed E-state index contributed by atoms with van der Waals surface area (Å²) >= 11 is 0. The maximum atomic E-state index is 12.2. The van der Waals surface area contributed by atoms with E-state index in [0.717, 1.165) is 71.9 Å². The van der Waals surface area contributed by atoms with Crippen molar-refractivity contribution in [3.8, 4) is 33.7 Å². The number of hydrogen-bond acceptors (Lipinski definition) is 4. The van der Waals surface area contributed by atoms with Crippen LogP contribution in [-0.4, -0.2) is 15.9 Å². The molecule has 4 nitrogen and oxygen atoms in total. The second-order valence-corrected chi connectivity index (χ2v) is 14.0. The Bertz CT molecular complexity index is 2170. The van der Waals surface area contributed by atoms with Crippen molar-refractivity contribution in [1.82, 2.24) is 4.98 Å². The number of benzene rings is 4. The van der Waals surface area contributed by atoms with Gasteiger partial charge in [0.15, 0.2) is 5.78 Å². The number of aliphatic hydroxyl groups is 1. The molecular weight excluding hydrogens is 807 g/mol. The number of pyridine rings is 1. The summed E-state index contributed by atoms with van der Waals surface area (Å²) in [7, 11) is 0. The standard InChI is InChI=1S/C31H20NO.C15H28O2.Ir/c1-2-8-20(9-3-1)27-19-23(18-22-11-5-6-12-24(22)27)30-29-26-15-14-21-10-4-7-13-25(21)31(26)33-28(29)16-17-32-30;1-7-14(5,8-2)12(16)11-13(17)15(6,9-3)10-4;/h1-13,16-17,19H,14-15H2;11,16H,7-10H2,1-6H3;/q-1;;/b;12-11-;. The van der Waals surface area contributed by atoms with Gasteiger partial charge in [-0.05, 0) is 55.7 Å². The van der Waals surface area contributed by atoms with Crippen LogP contribution >= 0.6 is 0 Å². The molecule has 1 aliphatic carbocycles. The number of ketones is 1. The van der Waals surface area contributed by atoms with Gasteiger partial charge >= 0.3 is 0 Å². The number of furan rings is 1. The Morgan fingerprint density at radius 3 is 2.18 bits per heavy atom. The van der Waals surface area contributed by atoms with E-state index in [1.807, 2.05) is 53.8 Å². The molecule has 0 amide bonds. The molecule has 0 spiro atoms. The third kappa shape index (κ3) is 7.38. The van der Waals surface area contributed by atoms with Crippen molar-refractivity contribution < 1.29 is 34.4 Å². The zero-order valence-corrected chi connectivity index (χ0v) is 33.0. The van der Waals surface area contributed by atoms with Crippen LogP contribution in [0.1, 0.15) is 78.4 Å². The Morgan fingerprint density at radius 2 is 1.47 bits per heavy atom. The number of aliphatic hydroxyl groups excluding tert-OH is 1. The van der Waals surface area contributed by atoms with Gasteiger partial charge in [0.05, 0.1) is 0 Å². The van der Waals surface area contributed by atoms with E-state index in [9.17, 15) is 9.90 Å². The fourth-order valence-corrected chi connectivity index (χ4v) is 6.88. The number of hydrogen-bond donors (Lipinski definition) is 1. The monoisotopic (exact) mass is 855 g/mol. The maximum absolute atomic E-state index is 12.2. The number of carbonyl (C=O) groups excluding carboxylic acids is 1. The summed E-state index contributed by atoms with van der Waals surface area (Å²) in [6.07, 6.45) is 8.58. The smallest absolute Gasteiger partial charge is 0.164 e. The number of allylic oxidation sites excluding steroid dienone is 2. The SMILES string of the molecule is CCC(C)(CC)C(=O)/C=C(\O)C(C)(CC)CC.[Ir].[c-]1c(-c2nccc3oc4c(c23)CCc2ccccc2-4)cc(-c2ccccc2)c2ccccc12. The molecule has 1 N–H and O–H groups in total. The number of rotatable bonds is 9. The summed E-state index contributed by atoms with van der Waals surface area (Å²) in [5.41, 5.74) is 8.44. The minimum atomic E-state index is -0.337. The molecule has 0 bridgehead atoms. The second kappa shape index (κ2) is 15.9. The van der Waals surface area contributed by atoms with Gasteiger partial charge in [-0.15, -0.1) is 23.6 Å². The topological polar surface area (TPSA) is 63.3 Å². The van der Waals surface area contributed by atoms with Crippen molar-refractivity contribution in [1.29, 1.82) is 0 Å². The number of fused-ring (bicyclic) bond motifs is 6. The first-order chi connectivity index (χ1) is 24.2. The van der Waals surface area contributed by atoms with Crippen LogP contribution in [0, 0.1) is 16.9 Å². The molecule has 0 atom stereocenters. The van der Waals surface area contributed by atoms with Crippen LogP contribution in [0.2, 0.25) is 0 Å². The number of aryl methyl sites for hydroxylation is 2. The maximum Gasteiger partial charge on any atom is 0.164 e. The molecule has 0 saturated heterocycles. The summed E-state index contributed by atoms with van der Waals surface area (Å²) in [6.45, 7) is 12.1. The predicted molar refractivity (Wildman–Crippen MR) is 207 cm³/mol. The van der Waals surface area contributed by atoms with E-state index in [0.29, 0.717) is 0 Å². The first-order valence-corrected chi connectivity index (χ1v) is 18.1. The van der Waals surface area contributed by atoms with E-state index < -0.39 is 0 Å². The van der Waals surface area contributed by atoms with E-state index in [1.54, 1.807) is 0 Å². The van der Waals surface area contributed by atoms with Gasteiger partial charge in [-0.3, -0.25) is 9.78 Å². The minimum absolute atomic E-state index is 0. The molecular formula is C46H48IrNO3-. The Morgan fingerprint density at radius 1 is 0.824 bits per heavy atom. The Kier molecular flexibility index (Phi) is 11.8. The Hall–Kier alpha value is -4.31. The van der Waals surface area contributed by atoms with Gasteiger partial charge in [-0.25, -0.2) is 0 Å². The summed E-state index contributed by atoms with van der Waals surface area (Å²) in [4.78, 5) is 17.0. The fourth-order valence-electron chi connectivity index (χ4n) is 6.88. The molecule has 0 saturated carbocycles. The van der Waals surface area contributed by atoms with Gasteiger partial charge in [0.25, 0.3) is 0 Å². The van der Waals surface area contributed by atoms with Gasteiger partial charge in [-0.2, -0.15) is 0 Å². The largest absolute Gasteiger partial charge is 0.512 e. The number of aromatic nitrogens is 1. The van der Waals surface area contributed by atoms with Crippen molar-refractivity contribution in [3.05, 3.63) is 126 Å². The summed E-state index contributed by atoms with van der Waals surface area (Å²) < 4.78 is 6.43. The van der Waals surface area contributed by atoms with Crippen molar-refractivity contribution in [2.45, 2.75) is 80.1 Å². The number of carbonyl (C=O) groups is 1. The molecule has 51 heavy (non-hydrogen) atoms. The molecule has 0 fully saturated rings. The molecule has 1 radical (unpaired) electrons. The van der Waals surface area contributed by atoms with Crippen LogP contribution in [0.15, 0.2) is 113 Å². The normalized spacial score (nSPS) is 12.8. The summed E-state index contributed by atoms with van der Waals surface area (Å²) in [5, 5.41) is 13.5. The zero-order chi connectivity index (χ0) is 35.5. The van der Waals surface area contributed by atoms with E-state index >= 15 is 0 Å². The molecule has 265 valence electrons. The van der Waals surface area contributed by atoms with Crippen LogP contribution in [0.5, 0.6) is 0 Å². The van der Waals surface area contributed by atoms with E-state index in [1.165, 1.54) is 39.3 Å². The molecule has 0 aliphatic heterocycles. The second-order valence-electron chi connectivity index (χ2n) is 14.0. The Labute approximate surface area is 316 Å². The van der Waals surface area contributed by atoms with Crippen molar-refractivity contribution in [3.63, 3.8) is 0 Å². The van der Waals surface area contributed by atoms with Crippen LogP contribution < -0.4 is 0 Å². The average Bonchev–Trinajstić information content (AvgIpc) is 3.57. The van der Waals surface area contributed by atoms with Gasteiger partial charge in [0.1, 0.15) is 17.1 Å². The summed E-state index contributed by atoms with van der Waals surface area (Å²) in [6, 6.07) is 35.4. The molecule has 5 heteroatoms. The quantitative estimate of drug-likeness (QED) is 0.0894. The molecule has 2 aromatic heterocycles. The van der Waals surface area contributed by atoms with Gasteiger partial charge in [0, 0.05) is 65.4 Å². The first kappa shape index (κ1) is 37.9. The predicted octanol–water partition coefficient (Wildman–Crippen LogP) is 12.5. The van der Waals surface area contributed by atoms with Crippen molar-refractivity contribution in [2.24, 2.45) is 10.8 Å². The van der Waals surface area contributed by atoms with Gasteiger partial charge in [-0.1, -0.05) is 131 Å². The fraction of sp³-hybridized carbons (Fsp3) is 0.304. The third-order valence-corrected chi connectivity index (χ3v) is 11.3. The van der Waals surface area contributed by atoms with Crippen LogP contribution in [0.25, 0.3) is 55.4 Å². The van der Waals surface area contributed by atoms with E-state index in [4.69, 9.17) is 9.40 Å². The molecule has 7 rings (SSSR count). The average molecular weight is 855 g/mol. The molecule has 2 heterocycles. The minimum Gasteiger partial charge on any atom is -0.512 e. The molecule has 4 aromatic carbocycles. The summed E-state index contributed by atoms with van der Waals surface area (Å²) in [5.74, 6) is 1.28. The van der Waals surface area contributed by atoms with Crippen LogP contribution in [0.3, 0.4) is 0 Å². The first-order valence-electron chi connectivity index (χ1n) is 18.1. The van der Waals surface area contributed by atoms with Crippen LogP contribution in [0.4, 0.5) is 0 Å². The van der Waals surface area contributed by atoms with Crippen molar-refractivity contribution in [2.75, 3.05) is 0 Å².